The number of nitrogens with one attached hydrogen (secondary N) is 2. The number of hydrogen-bond acceptors (Lipinski definition) is 37. The first-order chi connectivity index (χ1) is 65.2. The summed E-state index contributed by atoms with van der Waals surface area (Å²) >= 11 is 0. The zero-order valence-corrected chi connectivity index (χ0v) is 88.9. The minimum Gasteiger partial charge on any atom is -0.483 e. The van der Waals surface area contributed by atoms with Gasteiger partial charge < -0.3 is 121 Å². The van der Waals surface area contributed by atoms with Gasteiger partial charge in [0.1, 0.15) is 68.1 Å². The Kier molecular flexibility index (Phi) is 68.3. The van der Waals surface area contributed by atoms with Crippen molar-refractivity contribution in [3.63, 3.8) is 0 Å². The van der Waals surface area contributed by atoms with Gasteiger partial charge in [-0.05, 0) is 212 Å². The van der Waals surface area contributed by atoms with Crippen LogP contribution >= 0.6 is 0 Å². The number of amides is 2. The molecule has 1 aliphatic rings. The van der Waals surface area contributed by atoms with Gasteiger partial charge in [-0.3, -0.25) is 81.1 Å². The Morgan fingerprint density at radius 1 is 0.348 bits per heavy atom. The van der Waals surface area contributed by atoms with Crippen molar-refractivity contribution in [1.82, 2.24) is 10.6 Å². The van der Waals surface area contributed by atoms with Crippen LogP contribution in [0.5, 0.6) is 0 Å². The van der Waals surface area contributed by atoms with Crippen LogP contribution in [0.4, 0.5) is 4.39 Å². The lowest BCUT2D eigenvalue weighted by atomic mass is 10.0. The Balaban J connectivity index is -0.000000948. The number of ether oxygens (including phenoxy) is 20. The maximum absolute atomic E-state index is 13.3. The highest BCUT2D eigenvalue weighted by atomic mass is 19.1. The highest BCUT2D eigenvalue weighted by molar-refractivity contribution is 5.88. The van der Waals surface area contributed by atoms with Crippen LogP contribution in [0.1, 0.15) is 309 Å². The number of aliphatic carboxylic acids is 1. The van der Waals surface area contributed by atoms with E-state index in [1.165, 1.54) is 0 Å². The molecule has 816 valence electrons. The summed E-state index contributed by atoms with van der Waals surface area (Å²) < 4.78 is 124. The largest absolute Gasteiger partial charge is 0.483 e. The first-order valence-electron chi connectivity index (χ1n) is 47.6. The van der Waals surface area contributed by atoms with E-state index in [1.807, 2.05) is 30.3 Å². The van der Waals surface area contributed by atoms with Crippen molar-refractivity contribution in [2.45, 2.75) is 376 Å². The summed E-state index contributed by atoms with van der Waals surface area (Å²) in [5.41, 5.74) is -2.03. The zero-order chi connectivity index (χ0) is 110. The van der Waals surface area contributed by atoms with Crippen LogP contribution in [0.25, 0.3) is 0 Å². The molecular formula is C99H170FN3O38. The molecule has 2 rings (SSSR count). The summed E-state index contributed by atoms with van der Waals surface area (Å²) in [6, 6.07) is 9.27. The van der Waals surface area contributed by atoms with Gasteiger partial charge in [-0.25, -0.2) is 0 Å². The quantitative estimate of drug-likeness (QED) is 0.0133. The van der Waals surface area contributed by atoms with Crippen molar-refractivity contribution in [3.05, 3.63) is 35.9 Å². The van der Waals surface area contributed by atoms with Crippen molar-refractivity contribution in [2.24, 2.45) is 5.73 Å². The van der Waals surface area contributed by atoms with Gasteiger partial charge >= 0.3 is 77.6 Å². The number of carboxylic acid groups (broad SMARTS) is 2. The molecule has 1 heterocycles. The molecule has 2 amide bonds. The molecule has 1 aromatic rings. The van der Waals surface area contributed by atoms with Crippen molar-refractivity contribution >= 4 is 95.9 Å². The second kappa shape index (κ2) is 71.0. The Bertz CT molecular complexity index is 3560. The van der Waals surface area contributed by atoms with Crippen LogP contribution in [-0.4, -0.2) is 299 Å². The SMILES string of the molecule is CC(C)(C)OC(=O)CCOCC(COCCC(=O)OC(C)(C)C)(COCCC(=O)OC(C)(C)C)NC(=O)CCCC(=O)O.CC(C)(C)OC(=O)CCOCC(COCCC(=O)OC(C)(C)C)(COCCC(=O)OC(C)(C)C)NC(=O)CCCC(=O)OCc1ccccc1.CC(C)(C)OC(=O)CCOCC(N)(COCCC(=O)OC(C)(C)C)COCCC(=O)OC(C)(C)C.O=C1CCCC(=O)O1.O=CO.[2H]CF. The third-order valence-corrected chi connectivity index (χ3v) is 15.9. The van der Waals surface area contributed by atoms with E-state index < -0.39 is 134 Å². The molecular weight excluding hydrogens is 1860 g/mol. The summed E-state index contributed by atoms with van der Waals surface area (Å²) in [6.45, 7) is 47.1. The van der Waals surface area contributed by atoms with Crippen LogP contribution in [0.15, 0.2) is 30.3 Å². The number of carboxylic acids is 1. The molecule has 0 spiro atoms. The Labute approximate surface area is 834 Å². The monoisotopic (exact) mass is 2030 g/mol. The molecule has 1 saturated heterocycles. The van der Waals surface area contributed by atoms with E-state index in [0.29, 0.717) is 19.3 Å². The molecule has 0 atom stereocenters. The van der Waals surface area contributed by atoms with Gasteiger partial charge in [-0.2, -0.15) is 0 Å². The van der Waals surface area contributed by atoms with Gasteiger partial charge in [0.05, 0.1) is 191 Å². The van der Waals surface area contributed by atoms with E-state index in [-0.39, 0.29) is 258 Å². The second-order valence-corrected chi connectivity index (χ2v) is 41.6. The van der Waals surface area contributed by atoms with E-state index in [4.69, 9.17) is 112 Å². The fraction of sp³-hybridized carbons (Fsp3) is 0.778. The number of cyclic esters (lactones) is 2. The third kappa shape index (κ3) is 92.6. The van der Waals surface area contributed by atoms with E-state index in [0.717, 1.165) is 5.56 Å². The number of benzene rings is 1. The average Bonchev–Trinajstić information content (AvgIpc) is 0.836. The van der Waals surface area contributed by atoms with Gasteiger partial charge in [-0.15, -0.1) is 0 Å². The molecule has 0 unspecified atom stereocenters. The smallest absolute Gasteiger partial charge is 0.313 e. The number of alkyl halides is 1. The number of carbonyl (C=O) groups is 16. The van der Waals surface area contributed by atoms with Gasteiger partial charge in [0, 0.05) is 38.5 Å². The second-order valence-electron chi connectivity index (χ2n) is 41.6. The van der Waals surface area contributed by atoms with Crippen molar-refractivity contribution in [3.8, 4) is 0 Å². The lowest BCUT2D eigenvalue weighted by Gasteiger charge is -2.34. The molecule has 42 heteroatoms. The topological polar surface area (TPSA) is 548 Å². The molecule has 0 saturated carbocycles. The first-order valence-corrected chi connectivity index (χ1v) is 46.9. The molecule has 1 fully saturated rings. The third-order valence-electron chi connectivity index (χ3n) is 15.9. The summed E-state index contributed by atoms with van der Waals surface area (Å²) in [7, 11) is -1.00. The Hall–Kier alpha value is -9.53. The Morgan fingerprint density at radius 2 is 0.546 bits per heavy atom. The number of esters is 12. The Morgan fingerprint density at radius 3 is 0.730 bits per heavy atom. The van der Waals surface area contributed by atoms with Crippen LogP contribution in [0.3, 0.4) is 0 Å². The number of halogens is 1. The summed E-state index contributed by atoms with van der Waals surface area (Å²) in [5, 5.41) is 21.6. The predicted octanol–water partition coefficient (Wildman–Crippen LogP) is 11.8. The minimum atomic E-state index is -1.30. The van der Waals surface area contributed by atoms with E-state index in [1.54, 1.807) is 187 Å². The van der Waals surface area contributed by atoms with Crippen molar-refractivity contribution < 1.29 is 187 Å². The van der Waals surface area contributed by atoms with Gasteiger partial charge in [0.2, 0.25) is 11.8 Å². The van der Waals surface area contributed by atoms with E-state index in [9.17, 15) is 76.3 Å². The molecule has 6 N–H and O–H groups in total. The first kappa shape index (κ1) is 136. The average molecular weight is 2030 g/mol. The minimum absolute atomic E-state index is 0.0179. The standard InChI is InChI=1S/C37H59NO12.C30H53NO12.C25H47NO9.C5H6O3.CH3F.CH2O2/c1-34(2,3)48-31(41)18-21-44-25-37(26-45-22-19-32(42)49-35(4,5)6,27-46-23-20-33(43)50-36(7,8)9)38-29(39)16-13-17-30(40)47-24-28-14-11-10-12-15-28;1-27(2,3)41-24(35)13-16-38-19-30(31-22(32)11-10-12-23(33)34,20-39-17-14-25(36)42-28(4,5)6)21-40-18-15-26(37)43-29(7,8)9;1-22(2,3)33-19(27)10-13-30-16-25(26,17-31-14-11-20(28)34-23(4,5)6)18-32-15-12-21(29)35-24(7,8)9;6-4-2-1-3-5(7)8-4;1-2;2-1-3/h10-12,14-15H,13,16-27H2,1-9H3,(H,38,39);10-21H2,1-9H3,(H,31,32)(H,33,34);10-18,26H2,1-9H3;1-3H2;1H3;1H,(H,2,3)/i;;;;1D;. The molecule has 0 bridgehead atoms. The maximum Gasteiger partial charge on any atom is 0.313 e. The lowest BCUT2D eigenvalue weighted by Crippen LogP contribution is -2.58. The summed E-state index contributed by atoms with van der Waals surface area (Å²) in [6.07, 6.45) is 1.49. The van der Waals surface area contributed by atoms with Crippen LogP contribution in [-0.2, 0) is 178 Å². The van der Waals surface area contributed by atoms with Gasteiger partial charge in [0.15, 0.2) is 0 Å². The van der Waals surface area contributed by atoms with E-state index in [2.05, 4.69) is 15.4 Å². The number of nitrogens with two attached hydrogens (primary N) is 1. The molecule has 0 aromatic heterocycles. The molecule has 41 nitrogen and oxygen atoms in total. The van der Waals surface area contributed by atoms with Crippen LogP contribution < -0.4 is 16.4 Å². The molecule has 0 aliphatic carbocycles. The van der Waals surface area contributed by atoms with Crippen molar-refractivity contribution in [2.75, 3.05) is 126 Å². The van der Waals surface area contributed by atoms with E-state index >= 15 is 0 Å². The fourth-order valence-corrected chi connectivity index (χ4v) is 10.9. The normalized spacial score (nSPS) is 12.7. The molecule has 1 aliphatic heterocycles. The van der Waals surface area contributed by atoms with Crippen molar-refractivity contribution in [1.29, 1.82) is 0 Å². The summed E-state index contributed by atoms with van der Waals surface area (Å²) in [4.78, 5) is 187. The van der Waals surface area contributed by atoms with Crippen LogP contribution in [0.2, 0.25) is 0 Å². The number of rotatable bonds is 57. The van der Waals surface area contributed by atoms with Crippen LogP contribution in [0, 0.1) is 0 Å². The predicted molar refractivity (Wildman–Crippen MR) is 512 cm³/mol. The van der Waals surface area contributed by atoms with Gasteiger partial charge in [-0.1, -0.05) is 30.3 Å². The number of hydrogen-bond donors (Lipinski definition) is 5. The fourth-order valence-electron chi connectivity index (χ4n) is 10.9. The molecule has 1 aromatic carbocycles. The number of carbonyl (C=O) groups excluding carboxylic acids is 14. The molecule has 141 heavy (non-hydrogen) atoms. The zero-order valence-electron chi connectivity index (χ0n) is 89.9. The maximum atomic E-state index is 13.3. The van der Waals surface area contributed by atoms with Gasteiger partial charge in [0.25, 0.3) is 6.47 Å². The summed E-state index contributed by atoms with van der Waals surface area (Å²) in [5.74, 6) is -6.97. The lowest BCUT2D eigenvalue weighted by molar-refractivity contribution is -0.164. The highest BCUT2D eigenvalue weighted by Crippen LogP contribution is 2.22. The molecule has 0 radical (unpaired) electrons. The highest BCUT2D eigenvalue weighted by Gasteiger charge is 2.38.